The van der Waals surface area contributed by atoms with Crippen LogP contribution in [0.5, 0.6) is 5.75 Å². The molecule has 0 atom stereocenters. The van der Waals surface area contributed by atoms with Gasteiger partial charge in [-0.3, -0.25) is 9.59 Å². The minimum absolute atomic E-state index is 0.0477. The molecule has 0 spiro atoms. The van der Waals surface area contributed by atoms with Crippen molar-refractivity contribution in [2.45, 2.75) is 23.6 Å². The van der Waals surface area contributed by atoms with Gasteiger partial charge in [-0.1, -0.05) is 23.4 Å². The number of nitrogens with one attached hydrogen (secondary N) is 1. The number of thiazole rings is 1. The lowest BCUT2D eigenvalue weighted by molar-refractivity contribution is -0.116. The number of halogens is 1. The third-order valence-corrected chi connectivity index (χ3v) is 6.21. The number of aromatic nitrogens is 2. The topological polar surface area (TPSA) is 73.2 Å². The number of anilines is 1. The molecule has 146 valence electrons. The van der Waals surface area contributed by atoms with Crippen LogP contribution in [-0.2, 0) is 17.1 Å². The number of hydrogen-bond donors (Lipinski definition) is 1. The molecular formula is C19H18ClN3O3S2. The average Bonchev–Trinajstić information content (AvgIpc) is 3.08. The molecule has 0 bridgehead atoms. The number of carbonyl (C=O) groups excluding carboxylic acids is 1. The summed E-state index contributed by atoms with van der Waals surface area (Å²) < 4.78 is 7.76. The van der Waals surface area contributed by atoms with E-state index in [4.69, 9.17) is 16.3 Å². The molecule has 2 aromatic heterocycles. The summed E-state index contributed by atoms with van der Waals surface area (Å²) in [6.07, 6.45) is 1.56. The SMILES string of the molecule is COc1cn(CC(=O)Nc2ccc(Cl)cc2)c(CSc2nc(C)cs2)cc1=O. The summed E-state index contributed by atoms with van der Waals surface area (Å²) in [5, 5.41) is 5.39. The van der Waals surface area contributed by atoms with Crippen molar-refractivity contribution >= 4 is 46.3 Å². The molecule has 1 amide bonds. The Morgan fingerprint density at radius 2 is 2.11 bits per heavy atom. The van der Waals surface area contributed by atoms with Crippen molar-refractivity contribution in [2.75, 3.05) is 12.4 Å². The van der Waals surface area contributed by atoms with E-state index in [1.165, 1.54) is 24.9 Å². The zero-order chi connectivity index (χ0) is 20.1. The van der Waals surface area contributed by atoms with Gasteiger partial charge in [0, 0.05) is 39.3 Å². The number of hydrogen-bond acceptors (Lipinski definition) is 6. The summed E-state index contributed by atoms with van der Waals surface area (Å²) in [6.45, 7) is 1.98. The Morgan fingerprint density at radius 1 is 1.36 bits per heavy atom. The van der Waals surface area contributed by atoms with Crippen LogP contribution in [0.15, 0.2) is 51.0 Å². The monoisotopic (exact) mass is 435 g/mol. The summed E-state index contributed by atoms with van der Waals surface area (Å²) in [7, 11) is 1.43. The third-order valence-electron chi connectivity index (χ3n) is 3.79. The first-order valence-corrected chi connectivity index (χ1v) is 10.6. The molecule has 0 aliphatic heterocycles. The van der Waals surface area contributed by atoms with E-state index in [1.54, 1.807) is 46.4 Å². The molecule has 0 fully saturated rings. The van der Waals surface area contributed by atoms with E-state index in [-0.39, 0.29) is 23.6 Å². The average molecular weight is 436 g/mol. The molecule has 0 unspecified atom stereocenters. The summed E-state index contributed by atoms with van der Waals surface area (Å²) in [4.78, 5) is 29.1. The molecule has 3 rings (SSSR count). The number of carbonyl (C=O) groups is 1. The molecule has 0 aliphatic carbocycles. The molecule has 28 heavy (non-hydrogen) atoms. The quantitative estimate of drug-likeness (QED) is 0.563. The van der Waals surface area contributed by atoms with E-state index >= 15 is 0 Å². The molecule has 1 aromatic carbocycles. The second-order valence-corrected chi connectivity index (χ2v) is 8.44. The first-order chi connectivity index (χ1) is 13.4. The van der Waals surface area contributed by atoms with Crippen LogP contribution < -0.4 is 15.5 Å². The number of methoxy groups -OCH3 is 1. The zero-order valence-corrected chi connectivity index (χ0v) is 17.7. The normalized spacial score (nSPS) is 10.7. The fourth-order valence-corrected chi connectivity index (χ4v) is 4.41. The van der Waals surface area contributed by atoms with E-state index in [0.29, 0.717) is 16.5 Å². The summed E-state index contributed by atoms with van der Waals surface area (Å²) >= 11 is 8.94. The molecule has 9 heteroatoms. The summed E-state index contributed by atoms with van der Waals surface area (Å²) in [5.74, 6) is 0.489. The van der Waals surface area contributed by atoms with Gasteiger partial charge in [-0.25, -0.2) is 4.98 Å². The highest BCUT2D eigenvalue weighted by Crippen LogP contribution is 2.26. The number of rotatable bonds is 7. The van der Waals surface area contributed by atoms with E-state index in [9.17, 15) is 9.59 Å². The highest BCUT2D eigenvalue weighted by atomic mass is 35.5. The maximum atomic E-state index is 12.5. The van der Waals surface area contributed by atoms with Crippen LogP contribution in [-0.4, -0.2) is 22.6 Å². The van der Waals surface area contributed by atoms with Crippen LogP contribution in [0.25, 0.3) is 0 Å². The van der Waals surface area contributed by atoms with Gasteiger partial charge >= 0.3 is 0 Å². The Hall–Kier alpha value is -2.29. The fraction of sp³-hybridized carbons (Fsp3) is 0.211. The molecule has 0 saturated carbocycles. The Morgan fingerprint density at radius 3 is 2.75 bits per heavy atom. The van der Waals surface area contributed by atoms with Gasteiger partial charge in [0.25, 0.3) is 0 Å². The highest BCUT2D eigenvalue weighted by Gasteiger charge is 2.12. The molecule has 0 saturated heterocycles. The third kappa shape index (κ3) is 5.37. The van der Waals surface area contributed by atoms with Crippen LogP contribution in [0, 0.1) is 6.92 Å². The summed E-state index contributed by atoms with van der Waals surface area (Å²) in [5.41, 5.74) is 2.11. The van der Waals surface area contributed by atoms with Gasteiger partial charge in [0.05, 0.1) is 13.3 Å². The maximum absolute atomic E-state index is 12.5. The van der Waals surface area contributed by atoms with Crippen LogP contribution in [0.3, 0.4) is 0 Å². The van der Waals surface area contributed by atoms with Gasteiger partial charge in [0.15, 0.2) is 5.75 Å². The van der Waals surface area contributed by atoms with Crippen LogP contribution >= 0.6 is 34.7 Å². The largest absolute Gasteiger partial charge is 0.491 e. The second kappa shape index (κ2) is 9.27. The lowest BCUT2D eigenvalue weighted by Crippen LogP contribution is -2.22. The van der Waals surface area contributed by atoms with Gasteiger partial charge < -0.3 is 14.6 Å². The lowest BCUT2D eigenvalue weighted by atomic mass is 10.3. The van der Waals surface area contributed by atoms with E-state index in [1.807, 2.05) is 12.3 Å². The lowest BCUT2D eigenvalue weighted by Gasteiger charge is -2.14. The molecule has 3 aromatic rings. The van der Waals surface area contributed by atoms with Crippen LogP contribution in [0.1, 0.15) is 11.4 Å². The number of nitrogens with zero attached hydrogens (tertiary/aromatic N) is 2. The van der Waals surface area contributed by atoms with Crippen LogP contribution in [0.4, 0.5) is 5.69 Å². The first kappa shape index (κ1) is 20.4. The zero-order valence-electron chi connectivity index (χ0n) is 15.3. The molecule has 0 radical (unpaired) electrons. The Bertz CT molecular complexity index is 1030. The minimum Gasteiger partial charge on any atom is -0.491 e. The first-order valence-electron chi connectivity index (χ1n) is 8.32. The van der Waals surface area contributed by atoms with Gasteiger partial charge in [-0.15, -0.1) is 11.3 Å². The highest BCUT2D eigenvalue weighted by molar-refractivity contribution is 8.00. The number of pyridine rings is 1. The molecule has 1 N–H and O–H groups in total. The molecular weight excluding hydrogens is 418 g/mol. The van der Waals surface area contributed by atoms with E-state index < -0.39 is 0 Å². The van der Waals surface area contributed by atoms with E-state index in [0.717, 1.165) is 15.7 Å². The minimum atomic E-state index is -0.220. The number of thioether (sulfide) groups is 1. The van der Waals surface area contributed by atoms with Crippen molar-refractivity contribution in [1.82, 2.24) is 9.55 Å². The van der Waals surface area contributed by atoms with Crippen molar-refractivity contribution in [2.24, 2.45) is 0 Å². The van der Waals surface area contributed by atoms with Gasteiger partial charge in [-0.05, 0) is 31.2 Å². The van der Waals surface area contributed by atoms with Crippen molar-refractivity contribution < 1.29 is 9.53 Å². The molecule has 2 heterocycles. The number of amides is 1. The molecule has 6 nitrogen and oxygen atoms in total. The Balaban J connectivity index is 1.77. The van der Waals surface area contributed by atoms with Crippen LogP contribution in [0.2, 0.25) is 5.02 Å². The van der Waals surface area contributed by atoms with Crippen molar-refractivity contribution in [3.05, 3.63) is 68.5 Å². The Kier molecular flexibility index (Phi) is 6.77. The smallest absolute Gasteiger partial charge is 0.244 e. The number of ether oxygens (including phenoxy) is 1. The van der Waals surface area contributed by atoms with Gasteiger partial charge in [0.2, 0.25) is 11.3 Å². The standard InChI is InChI=1S/C19H18ClN3O3S2/c1-12-10-27-19(21-12)28-11-15-7-16(24)17(26-2)8-23(15)9-18(25)22-14-5-3-13(20)4-6-14/h3-8,10H,9,11H2,1-2H3,(H,22,25). The number of benzene rings is 1. The predicted molar refractivity (Wildman–Crippen MR) is 114 cm³/mol. The predicted octanol–water partition coefficient (Wildman–Crippen LogP) is 4.21. The Labute approximate surface area is 175 Å². The van der Waals surface area contributed by atoms with Crippen molar-refractivity contribution in [1.29, 1.82) is 0 Å². The molecule has 0 aliphatic rings. The number of aryl methyl sites for hydroxylation is 1. The van der Waals surface area contributed by atoms with Gasteiger partial charge in [0.1, 0.15) is 10.9 Å². The van der Waals surface area contributed by atoms with E-state index in [2.05, 4.69) is 10.3 Å². The fourth-order valence-electron chi connectivity index (χ4n) is 2.44. The van der Waals surface area contributed by atoms with Crippen molar-refractivity contribution in [3.63, 3.8) is 0 Å². The second-order valence-electron chi connectivity index (χ2n) is 5.92. The maximum Gasteiger partial charge on any atom is 0.244 e. The summed E-state index contributed by atoms with van der Waals surface area (Å²) in [6, 6.07) is 8.37. The van der Waals surface area contributed by atoms with Crippen molar-refractivity contribution in [3.8, 4) is 5.75 Å². The van der Waals surface area contributed by atoms with Gasteiger partial charge in [-0.2, -0.15) is 0 Å².